The Bertz CT molecular complexity index is 389. The minimum absolute atomic E-state index is 0.820. The van der Waals surface area contributed by atoms with Crippen molar-refractivity contribution in [2.24, 2.45) is 5.92 Å². The summed E-state index contributed by atoms with van der Waals surface area (Å²) in [6.07, 6.45) is 9.88. The molecule has 0 unspecified atom stereocenters. The molecule has 0 bridgehead atoms. The van der Waals surface area contributed by atoms with Crippen molar-refractivity contribution in [3.05, 3.63) is 35.9 Å². The normalized spacial score (nSPS) is 22.5. The number of hydrogen-bond acceptors (Lipinski definition) is 2. The van der Waals surface area contributed by atoms with E-state index in [1.807, 2.05) is 0 Å². The molecule has 2 heteroatoms. The standard InChI is InChI=1S/C19H30N2/c1-3-7-18(8-4-1)16-21-13-11-17(12-14-21)15-20-19-9-5-2-6-10-19/h1,3-4,7-8,17,19-20H,2,5-6,9-16H2. The average Bonchev–Trinajstić information content (AvgIpc) is 2.56. The van der Waals surface area contributed by atoms with Gasteiger partial charge in [0.15, 0.2) is 0 Å². The Labute approximate surface area is 129 Å². The predicted octanol–water partition coefficient (Wildman–Crippen LogP) is 3.82. The molecule has 1 aromatic rings. The molecule has 0 radical (unpaired) electrons. The van der Waals surface area contributed by atoms with E-state index in [1.54, 1.807) is 0 Å². The summed E-state index contributed by atoms with van der Waals surface area (Å²) in [6.45, 7) is 4.92. The molecule has 1 saturated heterocycles. The number of rotatable bonds is 5. The van der Waals surface area contributed by atoms with Gasteiger partial charge in [0.1, 0.15) is 0 Å². The molecule has 1 N–H and O–H groups in total. The van der Waals surface area contributed by atoms with Crippen LogP contribution in [0.15, 0.2) is 30.3 Å². The highest BCUT2D eigenvalue weighted by Gasteiger charge is 2.20. The lowest BCUT2D eigenvalue weighted by Crippen LogP contribution is -2.40. The monoisotopic (exact) mass is 286 g/mol. The topological polar surface area (TPSA) is 15.3 Å². The first-order chi connectivity index (χ1) is 10.4. The van der Waals surface area contributed by atoms with Crippen LogP contribution < -0.4 is 5.32 Å². The second kappa shape index (κ2) is 7.95. The number of nitrogens with zero attached hydrogens (tertiary/aromatic N) is 1. The molecule has 1 saturated carbocycles. The number of benzene rings is 1. The van der Waals surface area contributed by atoms with Crippen molar-refractivity contribution >= 4 is 0 Å². The fraction of sp³-hybridized carbons (Fsp3) is 0.684. The predicted molar refractivity (Wildman–Crippen MR) is 89.3 cm³/mol. The third kappa shape index (κ3) is 4.82. The maximum Gasteiger partial charge on any atom is 0.0233 e. The van der Waals surface area contributed by atoms with E-state index in [4.69, 9.17) is 0 Å². The zero-order chi connectivity index (χ0) is 14.3. The van der Waals surface area contributed by atoms with Gasteiger partial charge in [-0.25, -0.2) is 0 Å². The molecule has 0 spiro atoms. The van der Waals surface area contributed by atoms with Crippen LogP contribution >= 0.6 is 0 Å². The highest BCUT2D eigenvalue weighted by atomic mass is 15.1. The summed E-state index contributed by atoms with van der Waals surface area (Å²) < 4.78 is 0. The fourth-order valence-corrected chi connectivity index (χ4v) is 3.83. The number of likely N-dealkylation sites (tertiary alicyclic amines) is 1. The Morgan fingerprint density at radius 1 is 0.905 bits per heavy atom. The SMILES string of the molecule is c1ccc(CN2CCC(CNC3CCCCC3)CC2)cc1. The quantitative estimate of drug-likeness (QED) is 0.885. The van der Waals surface area contributed by atoms with Gasteiger partial charge < -0.3 is 5.32 Å². The van der Waals surface area contributed by atoms with E-state index in [0.717, 1.165) is 18.5 Å². The summed E-state index contributed by atoms with van der Waals surface area (Å²) in [5.41, 5.74) is 1.45. The van der Waals surface area contributed by atoms with Crippen molar-refractivity contribution in [2.75, 3.05) is 19.6 Å². The molecule has 1 aromatic carbocycles. The molecule has 2 aliphatic rings. The van der Waals surface area contributed by atoms with E-state index < -0.39 is 0 Å². The molecule has 1 heterocycles. The van der Waals surface area contributed by atoms with Crippen molar-refractivity contribution in [1.82, 2.24) is 10.2 Å². The Morgan fingerprint density at radius 2 is 1.62 bits per heavy atom. The van der Waals surface area contributed by atoms with Gasteiger partial charge in [0.25, 0.3) is 0 Å². The Morgan fingerprint density at radius 3 is 2.33 bits per heavy atom. The molecule has 3 rings (SSSR count). The van der Waals surface area contributed by atoms with E-state index in [0.29, 0.717) is 0 Å². The van der Waals surface area contributed by atoms with Gasteiger partial charge in [-0.05, 0) is 56.8 Å². The molecular formula is C19H30N2. The van der Waals surface area contributed by atoms with Gasteiger partial charge in [-0.3, -0.25) is 4.90 Å². The molecule has 0 amide bonds. The second-order valence-corrected chi connectivity index (χ2v) is 6.95. The van der Waals surface area contributed by atoms with E-state index in [-0.39, 0.29) is 0 Å². The molecular weight excluding hydrogens is 256 g/mol. The summed E-state index contributed by atoms with van der Waals surface area (Å²) in [7, 11) is 0. The second-order valence-electron chi connectivity index (χ2n) is 6.95. The van der Waals surface area contributed by atoms with Gasteiger partial charge in [0.2, 0.25) is 0 Å². The van der Waals surface area contributed by atoms with Crippen LogP contribution in [0.1, 0.15) is 50.5 Å². The summed E-state index contributed by atoms with van der Waals surface area (Å²) in [4.78, 5) is 2.62. The lowest BCUT2D eigenvalue weighted by Gasteiger charge is -2.33. The lowest BCUT2D eigenvalue weighted by molar-refractivity contribution is 0.171. The molecule has 0 atom stereocenters. The van der Waals surface area contributed by atoms with Crippen LogP contribution in [0, 0.1) is 5.92 Å². The van der Waals surface area contributed by atoms with Crippen LogP contribution in [0.5, 0.6) is 0 Å². The van der Waals surface area contributed by atoms with Crippen molar-refractivity contribution < 1.29 is 0 Å². The van der Waals surface area contributed by atoms with E-state index in [2.05, 4.69) is 40.5 Å². The Balaban J connectivity index is 1.35. The zero-order valence-electron chi connectivity index (χ0n) is 13.3. The highest BCUT2D eigenvalue weighted by molar-refractivity contribution is 5.14. The van der Waals surface area contributed by atoms with E-state index >= 15 is 0 Å². The van der Waals surface area contributed by atoms with Gasteiger partial charge in [-0.1, -0.05) is 49.6 Å². The van der Waals surface area contributed by atoms with E-state index in [9.17, 15) is 0 Å². The number of piperidine rings is 1. The molecule has 116 valence electrons. The molecule has 2 fully saturated rings. The van der Waals surface area contributed by atoms with Gasteiger partial charge in [0, 0.05) is 12.6 Å². The minimum atomic E-state index is 0.820. The first-order valence-corrected chi connectivity index (χ1v) is 8.90. The third-order valence-corrected chi connectivity index (χ3v) is 5.26. The Hall–Kier alpha value is -0.860. The van der Waals surface area contributed by atoms with E-state index in [1.165, 1.54) is 70.1 Å². The van der Waals surface area contributed by atoms with Crippen LogP contribution in [0.25, 0.3) is 0 Å². The molecule has 1 aliphatic heterocycles. The number of nitrogens with one attached hydrogen (secondary N) is 1. The van der Waals surface area contributed by atoms with Gasteiger partial charge in [-0.2, -0.15) is 0 Å². The lowest BCUT2D eigenvalue weighted by atomic mass is 9.93. The molecule has 21 heavy (non-hydrogen) atoms. The van der Waals surface area contributed by atoms with Crippen LogP contribution in [0.4, 0.5) is 0 Å². The summed E-state index contributed by atoms with van der Waals surface area (Å²) in [5.74, 6) is 0.902. The minimum Gasteiger partial charge on any atom is -0.314 e. The van der Waals surface area contributed by atoms with Crippen molar-refractivity contribution in [2.45, 2.75) is 57.5 Å². The average molecular weight is 286 g/mol. The maximum absolute atomic E-state index is 3.84. The van der Waals surface area contributed by atoms with Gasteiger partial charge in [0.05, 0.1) is 0 Å². The van der Waals surface area contributed by atoms with Crippen molar-refractivity contribution in [3.8, 4) is 0 Å². The first kappa shape index (κ1) is 15.1. The van der Waals surface area contributed by atoms with Crippen molar-refractivity contribution in [3.63, 3.8) is 0 Å². The largest absolute Gasteiger partial charge is 0.314 e. The first-order valence-electron chi connectivity index (χ1n) is 8.90. The Kier molecular flexibility index (Phi) is 5.70. The molecule has 2 nitrogen and oxygen atoms in total. The molecule has 1 aliphatic carbocycles. The summed E-state index contributed by atoms with van der Waals surface area (Å²) in [5, 5.41) is 3.84. The van der Waals surface area contributed by atoms with Gasteiger partial charge >= 0.3 is 0 Å². The highest BCUT2D eigenvalue weighted by Crippen LogP contribution is 2.21. The zero-order valence-corrected chi connectivity index (χ0v) is 13.3. The maximum atomic E-state index is 3.84. The van der Waals surface area contributed by atoms with Crippen LogP contribution in [-0.4, -0.2) is 30.6 Å². The van der Waals surface area contributed by atoms with Crippen LogP contribution in [-0.2, 0) is 6.54 Å². The summed E-state index contributed by atoms with van der Waals surface area (Å²) in [6, 6.07) is 11.7. The fourth-order valence-electron chi connectivity index (χ4n) is 3.83. The third-order valence-electron chi connectivity index (χ3n) is 5.26. The summed E-state index contributed by atoms with van der Waals surface area (Å²) >= 11 is 0. The van der Waals surface area contributed by atoms with Crippen LogP contribution in [0.3, 0.4) is 0 Å². The smallest absolute Gasteiger partial charge is 0.0233 e. The number of hydrogen-bond donors (Lipinski definition) is 1. The van der Waals surface area contributed by atoms with Crippen LogP contribution in [0.2, 0.25) is 0 Å². The molecule has 0 aromatic heterocycles. The van der Waals surface area contributed by atoms with Crippen molar-refractivity contribution in [1.29, 1.82) is 0 Å². The van der Waals surface area contributed by atoms with Gasteiger partial charge in [-0.15, -0.1) is 0 Å².